The summed E-state index contributed by atoms with van der Waals surface area (Å²) in [5.74, 6) is 1.35. The van der Waals surface area contributed by atoms with Crippen LogP contribution in [0.1, 0.15) is 59.3 Å². The molecule has 0 radical (unpaired) electrons. The molecule has 2 saturated carbocycles. The summed E-state index contributed by atoms with van der Waals surface area (Å²) in [6, 6.07) is 0. The van der Waals surface area contributed by atoms with Crippen LogP contribution in [0.15, 0.2) is 0 Å². The van der Waals surface area contributed by atoms with Crippen LogP contribution < -0.4 is 0 Å². The Balaban J connectivity index is 1.50. The number of piperidine rings is 1. The van der Waals surface area contributed by atoms with Gasteiger partial charge in [0.2, 0.25) is 0 Å². The Morgan fingerprint density at radius 2 is 1.87 bits per heavy atom. The third-order valence-corrected chi connectivity index (χ3v) is 5.35. The zero-order valence-corrected chi connectivity index (χ0v) is 14.5. The number of rotatable bonds is 2. The molecule has 5 nitrogen and oxygen atoms in total. The predicted molar refractivity (Wildman–Crippen MR) is 85.9 cm³/mol. The Kier molecular flexibility index (Phi) is 4.56. The average molecular weight is 323 g/mol. The Morgan fingerprint density at radius 1 is 1.09 bits per heavy atom. The van der Waals surface area contributed by atoms with E-state index in [1.807, 2.05) is 20.8 Å². The van der Waals surface area contributed by atoms with Gasteiger partial charge in [0, 0.05) is 6.54 Å². The molecule has 0 aromatic carbocycles. The molecule has 4 atom stereocenters. The SMILES string of the molecule is CC(C)(C)OC(=O)N1CCC[C@H](OC(=O)[C@@H]2C[C@H]3CC[C@H]2C3)C1. The topological polar surface area (TPSA) is 55.8 Å². The predicted octanol–water partition coefficient (Wildman–Crippen LogP) is 3.37. The third kappa shape index (κ3) is 3.99. The van der Waals surface area contributed by atoms with Gasteiger partial charge >= 0.3 is 12.1 Å². The summed E-state index contributed by atoms with van der Waals surface area (Å²) in [6.45, 7) is 6.73. The Labute approximate surface area is 138 Å². The van der Waals surface area contributed by atoms with E-state index in [2.05, 4.69) is 0 Å². The highest BCUT2D eigenvalue weighted by atomic mass is 16.6. The monoisotopic (exact) mass is 323 g/mol. The lowest BCUT2D eigenvalue weighted by Gasteiger charge is -2.34. The van der Waals surface area contributed by atoms with E-state index < -0.39 is 5.60 Å². The molecule has 3 rings (SSSR count). The molecule has 0 N–H and O–H groups in total. The second-order valence-corrected chi connectivity index (χ2v) is 8.41. The third-order valence-electron chi connectivity index (χ3n) is 5.35. The number of hydrogen-bond donors (Lipinski definition) is 0. The van der Waals surface area contributed by atoms with Gasteiger partial charge in [0.25, 0.3) is 0 Å². The second kappa shape index (κ2) is 6.33. The van der Waals surface area contributed by atoms with Crippen molar-refractivity contribution in [2.45, 2.75) is 71.0 Å². The maximum atomic E-state index is 12.5. The van der Waals surface area contributed by atoms with E-state index in [0.717, 1.165) is 25.2 Å². The summed E-state index contributed by atoms with van der Waals surface area (Å²) < 4.78 is 11.2. The summed E-state index contributed by atoms with van der Waals surface area (Å²) in [4.78, 5) is 26.3. The largest absolute Gasteiger partial charge is 0.460 e. The molecule has 0 aromatic rings. The Morgan fingerprint density at radius 3 is 2.48 bits per heavy atom. The van der Waals surface area contributed by atoms with E-state index in [9.17, 15) is 9.59 Å². The van der Waals surface area contributed by atoms with E-state index in [1.54, 1.807) is 4.90 Å². The second-order valence-electron chi connectivity index (χ2n) is 8.41. The van der Waals surface area contributed by atoms with E-state index in [0.29, 0.717) is 19.0 Å². The minimum absolute atomic E-state index is 0.0340. The number of esters is 1. The fraction of sp³-hybridized carbons (Fsp3) is 0.889. The smallest absolute Gasteiger partial charge is 0.410 e. The molecule has 3 fully saturated rings. The minimum Gasteiger partial charge on any atom is -0.460 e. The molecule has 23 heavy (non-hydrogen) atoms. The fourth-order valence-electron chi connectivity index (χ4n) is 4.31. The number of amides is 1. The van der Waals surface area contributed by atoms with Gasteiger partial charge in [-0.3, -0.25) is 4.79 Å². The fourth-order valence-corrected chi connectivity index (χ4v) is 4.31. The van der Waals surface area contributed by atoms with Crippen molar-refractivity contribution in [1.29, 1.82) is 0 Å². The van der Waals surface area contributed by atoms with Crippen LogP contribution in [-0.2, 0) is 14.3 Å². The van der Waals surface area contributed by atoms with Gasteiger partial charge in [-0.25, -0.2) is 4.79 Å². The van der Waals surface area contributed by atoms with Crippen LogP contribution in [0.3, 0.4) is 0 Å². The number of carbonyl (C=O) groups is 2. The van der Waals surface area contributed by atoms with E-state index in [4.69, 9.17) is 9.47 Å². The highest BCUT2D eigenvalue weighted by Gasteiger charge is 2.44. The highest BCUT2D eigenvalue weighted by Crippen LogP contribution is 2.48. The van der Waals surface area contributed by atoms with Crippen LogP contribution in [0, 0.1) is 17.8 Å². The lowest BCUT2D eigenvalue weighted by Crippen LogP contribution is -2.46. The highest BCUT2D eigenvalue weighted by molar-refractivity contribution is 5.74. The van der Waals surface area contributed by atoms with Crippen molar-refractivity contribution in [3.05, 3.63) is 0 Å². The normalized spacial score (nSPS) is 33.6. The molecular formula is C18H29NO4. The van der Waals surface area contributed by atoms with Crippen LogP contribution >= 0.6 is 0 Å². The van der Waals surface area contributed by atoms with Gasteiger partial charge in [0.1, 0.15) is 11.7 Å². The lowest BCUT2D eigenvalue weighted by molar-refractivity contribution is -0.158. The van der Waals surface area contributed by atoms with Crippen LogP contribution in [0.4, 0.5) is 4.79 Å². The average Bonchev–Trinajstić information content (AvgIpc) is 3.08. The van der Waals surface area contributed by atoms with Gasteiger partial charge < -0.3 is 14.4 Å². The molecule has 3 aliphatic rings. The molecule has 0 spiro atoms. The molecule has 0 aromatic heterocycles. The van der Waals surface area contributed by atoms with Crippen LogP contribution in [0.5, 0.6) is 0 Å². The zero-order chi connectivity index (χ0) is 16.6. The molecule has 1 aliphatic heterocycles. The first kappa shape index (κ1) is 16.6. The first-order valence-corrected chi connectivity index (χ1v) is 9.00. The molecular weight excluding hydrogens is 294 g/mol. The summed E-state index contributed by atoms with van der Waals surface area (Å²) in [5, 5.41) is 0. The molecule has 2 aliphatic carbocycles. The maximum Gasteiger partial charge on any atom is 0.410 e. The summed E-state index contributed by atoms with van der Waals surface area (Å²) in [7, 11) is 0. The van der Waals surface area contributed by atoms with E-state index >= 15 is 0 Å². The molecule has 5 heteroatoms. The number of carbonyl (C=O) groups excluding carboxylic acids is 2. The number of ether oxygens (including phenoxy) is 2. The Bertz CT molecular complexity index is 470. The molecule has 1 heterocycles. The number of nitrogens with zero attached hydrogens (tertiary/aromatic N) is 1. The summed E-state index contributed by atoms with van der Waals surface area (Å²) in [5.41, 5.74) is -0.496. The minimum atomic E-state index is -0.496. The van der Waals surface area contributed by atoms with Crippen molar-refractivity contribution in [1.82, 2.24) is 4.90 Å². The van der Waals surface area contributed by atoms with Gasteiger partial charge in [-0.1, -0.05) is 6.42 Å². The van der Waals surface area contributed by atoms with Crippen molar-refractivity contribution >= 4 is 12.1 Å². The summed E-state index contributed by atoms with van der Waals surface area (Å²) >= 11 is 0. The van der Waals surface area contributed by atoms with Crippen LogP contribution in [0.2, 0.25) is 0 Å². The molecule has 0 unspecified atom stereocenters. The quantitative estimate of drug-likeness (QED) is 0.731. The van der Waals surface area contributed by atoms with Gasteiger partial charge in [0.05, 0.1) is 12.5 Å². The first-order chi connectivity index (χ1) is 10.8. The lowest BCUT2D eigenvalue weighted by atomic mass is 9.89. The van der Waals surface area contributed by atoms with Crippen molar-refractivity contribution in [2.24, 2.45) is 17.8 Å². The van der Waals surface area contributed by atoms with E-state index in [1.165, 1.54) is 19.3 Å². The van der Waals surface area contributed by atoms with Gasteiger partial charge in [-0.05, 0) is 64.7 Å². The number of likely N-dealkylation sites (tertiary alicyclic amines) is 1. The van der Waals surface area contributed by atoms with Gasteiger partial charge in [-0.15, -0.1) is 0 Å². The molecule has 1 amide bonds. The van der Waals surface area contributed by atoms with Crippen LogP contribution in [0.25, 0.3) is 0 Å². The van der Waals surface area contributed by atoms with Gasteiger partial charge in [0.15, 0.2) is 0 Å². The summed E-state index contributed by atoms with van der Waals surface area (Å²) in [6.07, 6.45) is 5.88. The maximum absolute atomic E-state index is 12.5. The molecule has 1 saturated heterocycles. The van der Waals surface area contributed by atoms with Crippen molar-refractivity contribution in [2.75, 3.05) is 13.1 Å². The van der Waals surface area contributed by atoms with E-state index in [-0.39, 0.29) is 24.1 Å². The van der Waals surface area contributed by atoms with Crippen molar-refractivity contribution < 1.29 is 19.1 Å². The Hall–Kier alpha value is -1.26. The standard InChI is InChI=1S/C18H29NO4/c1-18(2,3)23-17(21)19-8-4-5-14(11-19)22-16(20)15-10-12-6-7-13(15)9-12/h12-15H,4-11H2,1-3H3/t12-,13-,14-,15+/m0/s1. The number of hydrogen-bond acceptors (Lipinski definition) is 4. The van der Waals surface area contributed by atoms with Crippen LogP contribution in [-0.4, -0.2) is 41.8 Å². The molecule has 130 valence electrons. The van der Waals surface area contributed by atoms with Crippen molar-refractivity contribution in [3.63, 3.8) is 0 Å². The van der Waals surface area contributed by atoms with Crippen molar-refractivity contribution in [3.8, 4) is 0 Å². The zero-order valence-electron chi connectivity index (χ0n) is 14.5. The number of fused-ring (bicyclic) bond motifs is 2. The molecule has 2 bridgehead atoms. The first-order valence-electron chi connectivity index (χ1n) is 9.00. The van der Waals surface area contributed by atoms with Gasteiger partial charge in [-0.2, -0.15) is 0 Å².